The van der Waals surface area contributed by atoms with E-state index in [0.717, 1.165) is 5.56 Å². The molecule has 1 aliphatic heterocycles. The maximum absolute atomic E-state index is 12.7. The van der Waals surface area contributed by atoms with Crippen molar-refractivity contribution in [2.24, 2.45) is 0 Å². The number of benzene rings is 2. The Balaban J connectivity index is 1.66. The fourth-order valence-corrected chi connectivity index (χ4v) is 4.01. The zero-order chi connectivity index (χ0) is 21.8. The average molecular weight is 449 g/mol. The van der Waals surface area contributed by atoms with Crippen LogP contribution in [0.3, 0.4) is 0 Å². The van der Waals surface area contributed by atoms with E-state index in [4.69, 9.17) is 28.6 Å². The molecule has 8 nitrogen and oxygen atoms in total. The molecule has 10 heteroatoms. The number of nitrogens with one attached hydrogen (secondary N) is 1. The molecule has 0 unspecified atom stereocenters. The number of methoxy groups -OCH3 is 1. The highest BCUT2D eigenvalue weighted by Gasteiger charge is 2.27. The number of nitro groups is 1. The molecule has 1 N–H and O–H groups in total. The van der Waals surface area contributed by atoms with Gasteiger partial charge >= 0.3 is 0 Å². The Morgan fingerprint density at radius 1 is 1.20 bits per heavy atom. The van der Waals surface area contributed by atoms with E-state index in [1.165, 1.54) is 13.2 Å². The number of hydrogen-bond acceptors (Lipinski definition) is 6. The standard InChI is InChI=1S/C20H21ClN4O4S/c1-13-5-3-6-14(18(13)29-2)19(26)22-20(30)24-11-9-23(10-12-24)17-15(21)7-4-8-16(17)25(27)28/h3-8H,9-12H2,1-2H3,(H,22,26,30). The van der Waals surface area contributed by atoms with E-state index in [9.17, 15) is 14.9 Å². The number of ether oxygens (including phenoxy) is 1. The first kappa shape index (κ1) is 21.8. The lowest BCUT2D eigenvalue weighted by Crippen LogP contribution is -2.52. The zero-order valence-corrected chi connectivity index (χ0v) is 18.1. The van der Waals surface area contributed by atoms with E-state index in [1.807, 2.05) is 22.8 Å². The predicted molar refractivity (Wildman–Crippen MR) is 120 cm³/mol. The van der Waals surface area contributed by atoms with Crippen molar-refractivity contribution in [1.29, 1.82) is 0 Å². The molecule has 2 aromatic rings. The lowest BCUT2D eigenvalue weighted by molar-refractivity contribution is -0.384. The summed E-state index contributed by atoms with van der Waals surface area (Å²) in [6.45, 7) is 3.81. The van der Waals surface area contributed by atoms with E-state index in [1.54, 1.807) is 24.3 Å². The van der Waals surface area contributed by atoms with Crippen molar-refractivity contribution in [2.75, 3.05) is 38.2 Å². The minimum atomic E-state index is -0.437. The van der Waals surface area contributed by atoms with Gasteiger partial charge in [-0.1, -0.05) is 29.8 Å². The SMILES string of the molecule is COc1c(C)cccc1C(=O)NC(=S)N1CCN(c2c(Cl)cccc2[N+](=O)[O-])CC1. The van der Waals surface area contributed by atoms with Gasteiger partial charge in [0.15, 0.2) is 5.11 Å². The normalized spacial score (nSPS) is 13.7. The van der Waals surface area contributed by atoms with Crippen molar-refractivity contribution in [2.45, 2.75) is 6.92 Å². The summed E-state index contributed by atoms with van der Waals surface area (Å²) in [5, 5.41) is 14.7. The second kappa shape index (κ2) is 9.27. The molecule has 1 heterocycles. The smallest absolute Gasteiger partial charge is 0.294 e. The molecule has 0 bridgehead atoms. The van der Waals surface area contributed by atoms with Gasteiger partial charge in [0.1, 0.15) is 11.4 Å². The molecule has 3 rings (SSSR count). The van der Waals surface area contributed by atoms with Crippen molar-refractivity contribution < 1.29 is 14.5 Å². The number of nitrogens with zero attached hydrogens (tertiary/aromatic N) is 3. The minimum Gasteiger partial charge on any atom is -0.496 e. The zero-order valence-electron chi connectivity index (χ0n) is 16.6. The van der Waals surface area contributed by atoms with Gasteiger partial charge in [0, 0.05) is 32.2 Å². The molecule has 1 aliphatic rings. The molecule has 1 amide bonds. The average Bonchev–Trinajstić information content (AvgIpc) is 2.73. The van der Waals surface area contributed by atoms with Gasteiger partial charge in [0.05, 0.1) is 22.6 Å². The number of para-hydroxylation sites is 2. The van der Waals surface area contributed by atoms with Crippen molar-refractivity contribution in [1.82, 2.24) is 10.2 Å². The number of carbonyl (C=O) groups excluding carboxylic acids is 1. The first-order chi connectivity index (χ1) is 14.3. The second-order valence-corrected chi connectivity index (χ2v) is 7.55. The third-order valence-corrected chi connectivity index (χ3v) is 5.59. The van der Waals surface area contributed by atoms with Crippen molar-refractivity contribution in [3.63, 3.8) is 0 Å². The van der Waals surface area contributed by atoms with Crippen LogP contribution in [0.1, 0.15) is 15.9 Å². The summed E-state index contributed by atoms with van der Waals surface area (Å²) in [6, 6.07) is 9.96. The Morgan fingerprint density at radius 2 is 1.87 bits per heavy atom. The van der Waals surface area contributed by atoms with Gasteiger partial charge in [-0.2, -0.15) is 0 Å². The van der Waals surface area contributed by atoms with Crippen molar-refractivity contribution in [3.05, 3.63) is 62.7 Å². The third kappa shape index (κ3) is 4.47. The monoisotopic (exact) mass is 448 g/mol. The van der Waals surface area contributed by atoms with Gasteiger partial charge in [0.2, 0.25) is 0 Å². The molecule has 0 aromatic heterocycles. The molecule has 0 spiro atoms. The molecule has 0 atom stereocenters. The number of nitro benzene ring substituents is 1. The van der Waals surface area contributed by atoms with Crippen LogP contribution in [-0.4, -0.2) is 54.1 Å². The highest BCUT2D eigenvalue weighted by Crippen LogP contribution is 2.35. The molecular formula is C20H21ClN4O4S. The summed E-state index contributed by atoms with van der Waals surface area (Å²) in [4.78, 5) is 27.3. The van der Waals surface area contributed by atoms with Gasteiger partial charge in [-0.15, -0.1) is 0 Å². The van der Waals surface area contributed by atoms with Crippen LogP contribution in [0.25, 0.3) is 0 Å². The van der Waals surface area contributed by atoms with Gasteiger partial charge < -0.3 is 14.5 Å². The molecule has 0 radical (unpaired) electrons. The molecule has 0 saturated carbocycles. The van der Waals surface area contributed by atoms with Crippen LogP contribution in [0.15, 0.2) is 36.4 Å². The number of halogens is 1. The van der Waals surface area contributed by atoms with Crippen molar-refractivity contribution >= 4 is 46.2 Å². The molecule has 2 aromatic carbocycles. The summed E-state index contributed by atoms with van der Waals surface area (Å²) >= 11 is 11.6. The predicted octanol–water partition coefficient (Wildman–Crippen LogP) is 3.40. The number of aryl methyl sites for hydroxylation is 1. The van der Waals surface area contributed by atoms with Gasteiger partial charge in [-0.05, 0) is 36.8 Å². The molecule has 1 saturated heterocycles. The topological polar surface area (TPSA) is 88.0 Å². The summed E-state index contributed by atoms with van der Waals surface area (Å²) in [5.41, 5.74) is 1.64. The van der Waals surface area contributed by atoms with E-state index in [-0.39, 0.29) is 11.6 Å². The lowest BCUT2D eigenvalue weighted by Gasteiger charge is -2.37. The summed E-state index contributed by atoms with van der Waals surface area (Å²) < 4.78 is 5.34. The Kier molecular flexibility index (Phi) is 6.73. The van der Waals surface area contributed by atoms with E-state index < -0.39 is 4.92 Å². The van der Waals surface area contributed by atoms with Crippen LogP contribution in [-0.2, 0) is 0 Å². The van der Waals surface area contributed by atoms with E-state index >= 15 is 0 Å². The fourth-order valence-electron chi connectivity index (χ4n) is 3.44. The molecule has 30 heavy (non-hydrogen) atoms. The number of piperazine rings is 1. The second-order valence-electron chi connectivity index (χ2n) is 6.75. The van der Waals surface area contributed by atoms with Gasteiger partial charge in [-0.3, -0.25) is 20.2 Å². The van der Waals surface area contributed by atoms with Crippen LogP contribution < -0.4 is 15.0 Å². The summed E-state index contributed by atoms with van der Waals surface area (Å²) in [6.07, 6.45) is 0. The quantitative estimate of drug-likeness (QED) is 0.435. The number of rotatable bonds is 4. The van der Waals surface area contributed by atoms with Crippen LogP contribution in [0.4, 0.5) is 11.4 Å². The van der Waals surface area contributed by atoms with E-state index in [2.05, 4.69) is 5.32 Å². The number of hydrogen-bond donors (Lipinski definition) is 1. The Hall–Kier alpha value is -2.91. The molecular weight excluding hydrogens is 428 g/mol. The van der Waals surface area contributed by atoms with E-state index in [0.29, 0.717) is 53.3 Å². The molecule has 158 valence electrons. The maximum atomic E-state index is 12.7. The fraction of sp³-hybridized carbons (Fsp3) is 0.300. The first-order valence-corrected chi connectivity index (χ1v) is 10.0. The maximum Gasteiger partial charge on any atom is 0.294 e. The number of carbonyl (C=O) groups is 1. The lowest BCUT2D eigenvalue weighted by atomic mass is 10.1. The minimum absolute atomic E-state index is 0.0293. The van der Waals surface area contributed by atoms with Crippen LogP contribution >= 0.6 is 23.8 Å². The molecule has 1 fully saturated rings. The van der Waals surface area contributed by atoms with Crippen LogP contribution in [0.5, 0.6) is 5.75 Å². The van der Waals surface area contributed by atoms with Crippen LogP contribution in [0.2, 0.25) is 5.02 Å². The highest BCUT2D eigenvalue weighted by atomic mass is 35.5. The summed E-state index contributed by atoms with van der Waals surface area (Å²) in [7, 11) is 1.52. The third-order valence-electron chi connectivity index (χ3n) is 4.93. The molecule has 0 aliphatic carbocycles. The van der Waals surface area contributed by atoms with Gasteiger partial charge in [0.25, 0.3) is 11.6 Å². The number of anilines is 1. The van der Waals surface area contributed by atoms with Crippen molar-refractivity contribution in [3.8, 4) is 5.75 Å². The number of thiocarbonyl (C=S) groups is 1. The first-order valence-electron chi connectivity index (χ1n) is 9.25. The summed E-state index contributed by atoms with van der Waals surface area (Å²) in [5.74, 6) is 0.165. The number of amides is 1. The van der Waals surface area contributed by atoms with Gasteiger partial charge in [-0.25, -0.2) is 0 Å². The Bertz CT molecular complexity index is 993. The van der Waals surface area contributed by atoms with Crippen LogP contribution in [0, 0.1) is 17.0 Å². The highest BCUT2D eigenvalue weighted by molar-refractivity contribution is 7.80. The Morgan fingerprint density at radius 3 is 2.50 bits per heavy atom. The Labute approximate surface area is 184 Å². The largest absolute Gasteiger partial charge is 0.496 e.